The fraction of sp³-hybridized carbons (Fsp3) is 0.312. The summed E-state index contributed by atoms with van der Waals surface area (Å²) in [6.07, 6.45) is 2.42. The van der Waals surface area contributed by atoms with Crippen LogP contribution in [0.3, 0.4) is 0 Å². The van der Waals surface area contributed by atoms with Gasteiger partial charge in [-0.05, 0) is 32.9 Å². The third-order valence-electron chi connectivity index (χ3n) is 2.81. The van der Waals surface area contributed by atoms with E-state index in [9.17, 15) is 9.59 Å². The Balaban J connectivity index is 2.40. The molecule has 0 aliphatic heterocycles. The van der Waals surface area contributed by atoms with Crippen LogP contribution in [0.5, 0.6) is 0 Å². The second-order valence-corrected chi connectivity index (χ2v) is 5.82. The van der Waals surface area contributed by atoms with Crippen LogP contribution in [0, 0.1) is 0 Å². The van der Waals surface area contributed by atoms with Crippen molar-refractivity contribution in [2.45, 2.75) is 26.4 Å². The van der Waals surface area contributed by atoms with Crippen LogP contribution in [-0.4, -0.2) is 27.2 Å². The molecule has 2 aromatic rings. The highest BCUT2D eigenvalue weighted by Crippen LogP contribution is 2.20. The van der Waals surface area contributed by atoms with Crippen LogP contribution in [0.2, 0.25) is 0 Å². The van der Waals surface area contributed by atoms with E-state index in [2.05, 4.69) is 4.98 Å². The van der Waals surface area contributed by atoms with Crippen LogP contribution in [0.4, 0.5) is 10.5 Å². The molecule has 0 spiro atoms. The number of ether oxygens (including phenoxy) is 1. The summed E-state index contributed by atoms with van der Waals surface area (Å²) in [7, 11) is 1.69. The maximum Gasteiger partial charge on any atom is 0.422 e. The first-order valence-corrected chi connectivity index (χ1v) is 6.89. The Hall–Kier alpha value is -2.63. The second-order valence-electron chi connectivity index (χ2n) is 5.82. The third-order valence-corrected chi connectivity index (χ3v) is 2.81. The van der Waals surface area contributed by atoms with Crippen molar-refractivity contribution in [3.8, 4) is 0 Å². The zero-order valence-electron chi connectivity index (χ0n) is 13.1. The number of amides is 2. The molecule has 22 heavy (non-hydrogen) atoms. The molecule has 0 saturated carbocycles. The fourth-order valence-corrected chi connectivity index (χ4v) is 1.86. The average Bonchev–Trinajstić information content (AvgIpc) is 2.84. The van der Waals surface area contributed by atoms with E-state index in [0.717, 1.165) is 4.90 Å². The Bertz CT molecular complexity index is 671. The molecule has 1 heterocycles. The minimum Gasteiger partial charge on any atom is -0.443 e. The van der Waals surface area contributed by atoms with Gasteiger partial charge in [-0.1, -0.05) is 18.2 Å². The molecule has 0 N–H and O–H groups in total. The first-order chi connectivity index (χ1) is 10.3. The topological polar surface area (TPSA) is 64.4 Å². The predicted octanol–water partition coefficient (Wildman–Crippen LogP) is 3.00. The van der Waals surface area contributed by atoms with Crippen molar-refractivity contribution in [2.24, 2.45) is 7.05 Å². The number of aromatic nitrogens is 2. The van der Waals surface area contributed by atoms with Crippen LogP contribution < -0.4 is 4.90 Å². The van der Waals surface area contributed by atoms with Gasteiger partial charge >= 0.3 is 12.0 Å². The van der Waals surface area contributed by atoms with E-state index in [1.54, 1.807) is 62.8 Å². The van der Waals surface area contributed by atoms with E-state index in [-0.39, 0.29) is 5.82 Å². The fourth-order valence-electron chi connectivity index (χ4n) is 1.86. The third kappa shape index (κ3) is 3.52. The summed E-state index contributed by atoms with van der Waals surface area (Å²) in [4.78, 5) is 30.1. The Kier molecular flexibility index (Phi) is 4.30. The summed E-state index contributed by atoms with van der Waals surface area (Å²) in [6, 6.07) is 8.65. The molecule has 1 aromatic heterocycles. The van der Waals surface area contributed by atoms with Gasteiger partial charge in [0.05, 0.1) is 5.69 Å². The van der Waals surface area contributed by atoms with Gasteiger partial charge in [0.25, 0.3) is 0 Å². The highest BCUT2D eigenvalue weighted by Gasteiger charge is 2.31. The van der Waals surface area contributed by atoms with Gasteiger partial charge in [-0.3, -0.25) is 4.79 Å². The number of nitrogens with zero attached hydrogens (tertiary/aromatic N) is 3. The van der Waals surface area contributed by atoms with Gasteiger partial charge in [-0.25, -0.2) is 14.7 Å². The zero-order chi connectivity index (χ0) is 16.3. The summed E-state index contributed by atoms with van der Waals surface area (Å²) >= 11 is 0. The van der Waals surface area contributed by atoms with Gasteiger partial charge in [-0.2, -0.15) is 0 Å². The number of imide groups is 1. The number of hydrogen-bond donors (Lipinski definition) is 0. The molecule has 0 saturated heterocycles. The number of imidazole rings is 1. The number of rotatable bonds is 2. The molecule has 2 rings (SSSR count). The SMILES string of the molecule is Cn1ccnc1C(=O)N(C(=O)OC(C)(C)C)c1ccccc1. The Labute approximate surface area is 129 Å². The monoisotopic (exact) mass is 301 g/mol. The van der Waals surface area contributed by atoms with E-state index in [0.29, 0.717) is 5.69 Å². The van der Waals surface area contributed by atoms with Crippen molar-refractivity contribution in [1.29, 1.82) is 0 Å². The van der Waals surface area contributed by atoms with Gasteiger partial charge in [-0.15, -0.1) is 0 Å². The van der Waals surface area contributed by atoms with Gasteiger partial charge in [0.1, 0.15) is 5.60 Å². The smallest absolute Gasteiger partial charge is 0.422 e. The zero-order valence-corrected chi connectivity index (χ0v) is 13.1. The molecule has 6 nitrogen and oxygen atoms in total. The molecule has 0 aliphatic rings. The van der Waals surface area contributed by atoms with Crippen LogP contribution in [-0.2, 0) is 11.8 Å². The molecule has 0 fully saturated rings. The first-order valence-electron chi connectivity index (χ1n) is 6.89. The molecular formula is C16H19N3O3. The standard InChI is InChI=1S/C16H19N3O3/c1-16(2,3)22-15(21)19(12-8-6-5-7-9-12)14(20)13-17-10-11-18(13)4/h5-11H,1-4H3. The summed E-state index contributed by atoms with van der Waals surface area (Å²) in [5.74, 6) is -0.373. The van der Waals surface area contributed by atoms with Crippen molar-refractivity contribution >= 4 is 17.7 Å². The minimum absolute atomic E-state index is 0.162. The molecule has 2 amide bonds. The molecule has 0 aliphatic carbocycles. The van der Waals surface area contributed by atoms with Crippen LogP contribution in [0.25, 0.3) is 0 Å². The van der Waals surface area contributed by atoms with Crippen molar-refractivity contribution in [3.63, 3.8) is 0 Å². The lowest BCUT2D eigenvalue weighted by molar-refractivity contribution is 0.0562. The summed E-state index contributed by atoms with van der Waals surface area (Å²) in [5, 5.41) is 0. The van der Waals surface area contributed by atoms with Gasteiger partial charge in [0.2, 0.25) is 0 Å². The van der Waals surface area contributed by atoms with E-state index < -0.39 is 17.6 Å². The maximum absolute atomic E-state index is 12.7. The molecule has 0 unspecified atom stereocenters. The molecule has 0 atom stereocenters. The summed E-state index contributed by atoms with van der Waals surface area (Å²) < 4.78 is 6.90. The Morgan fingerprint density at radius 2 is 1.82 bits per heavy atom. The van der Waals surface area contributed by atoms with E-state index in [4.69, 9.17) is 4.74 Å². The lowest BCUT2D eigenvalue weighted by atomic mass is 10.2. The van der Waals surface area contributed by atoms with E-state index in [1.165, 1.54) is 6.20 Å². The minimum atomic E-state index is -0.730. The van der Waals surface area contributed by atoms with Crippen molar-refractivity contribution in [3.05, 3.63) is 48.5 Å². The normalized spacial score (nSPS) is 11.1. The number of para-hydroxylation sites is 1. The van der Waals surface area contributed by atoms with Gasteiger partial charge in [0, 0.05) is 19.4 Å². The van der Waals surface area contributed by atoms with Crippen molar-refractivity contribution in [2.75, 3.05) is 4.90 Å². The number of benzene rings is 1. The van der Waals surface area contributed by atoms with Crippen LogP contribution in [0.15, 0.2) is 42.7 Å². The quantitative estimate of drug-likeness (QED) is 0.855. The molecular weight excluding hydrogens is 282 g/mol. The van der Waals surface area contributed by atoms with Crippen LogP contribution in [0.1, 0.15) is 31.4 Å². The number of carbonyl (C=O) groups is 2. The summed E-state index contributed by atoms with van der Waals surface area (Å²) in [6.45, 7) is 5.25. The number of hydrogen-bond acceptors (Lipinski definition) is 4. The number of carbonyl (C=O) groups excluding carboxylic acids is 2. The molecule has 116 valence electrons. The molecule has 0 bridgehead atoms. The molecule has 0 radical (unpaired) electrons. The van der Waals surface area contributed by atoms with Crippen molar-refractivity contribution < 1.29 is 14.3 Å². The van der Waals surface area contributed by atoms with Gasteiger partial charge < -0.3 is 9.30 Å². The van der Waals surface area contributed by atoms with Crippen LogP contribution >= 0.6 is 0 Å². The largest absolute Gasteiger partial charge is 0.443 e. The first kappa shape index (κ1) is 15.8. The summed E-state index contributed by atoms with van der Waals surface area (Å²) in [5.41, 5.74) is -0.267. The molecule has 1 aromatic carbocycles. The van der Waals surface area contributed by atoms with Gasteiger partial charge in [0.15, 0.2) is 5.82 Å². The molecule has 6 heteroatoms. The highest BCUT2D eigenvalue weighted by atomic mass is 16.6. The highest BCUT2D eigenvalue weighted by molar-refractivity contribution is 6.18. The van der Waals surface area contributed by atoms with E-state index in [1.807, 2.05) is 6.07 Å². The maximum atomic E-state index is 12.7. The average molecular weight is 301 g/mol. The van der Waals surface area contributed by atoms with Crippen molar-refractivity contribution in [1.82, 2.24) is 9.55 Å². The lowest BCUT2D eigenvalue weighted by Crippen LogP contribution is -2.42. The Morgan fingerprint density at radius 3 is 2.32 bits per heavy atom. The number of anilines is 1. The van der Waals surface area contributed by atoms with E-state index >= 15 is 0 Å². The lowest BCUT2D eigenvalue weighted by Gasteiger charge is -2.26. The predicted molar refractivity (Wildman–Crippen MR) is 82.7 cm³/mol. The second kappa shape index (κ2) is 6.01. The number of aryl methyl sites for hydroxylation is 1. The Morgan fingerprint density at radius 1 is 1.18 bits per heavy atom.